The van der Waals surface area contributed by atoms with E-state index in [0.29, 0.717) is 5.92 Å². The minimum atomic E-state index is -0.0818. The van der Waals surface area contributed by atoms with Crippen molar-refractivity contribution in [1.82, 2.24) is 0 Å². The van der Waals surface area contributed by atoms with Crippen molar-refractivity contribution < 1.29 is 5.11 Å². The second kappa shape index (κ2) is 6.74. The molecule has 1 heteroatoms. The van der Waals surface area contributed by atoms with E-state index < -0.39 is 0 Å². The van der Waals surface area contributed by atoms with Crippen LogP contribution in [0.3, 0.4) is 0 Å². The van der Waals surface area contributed by atoms with Crippen LogP contribution in [0.2, 0.25) is 0 Å². The number of allylic oxidation sites excluding steroid dienone is 4. The molecule has 4 atom stereocenters. The second-order valence-corrected chi connectivity index (χ2v) is 6.60. The first-order valence-electron chi connectivity index (χ1n) is 8.23. The van der Waals surface area contributed by atoms with Crippen LogP contribution in [0.1, 0.15) is 65.2 Å². The summed E-state index contributed by atoms with van der Waals surface area (Å²) in [5, 5.41) is 9.90. The number of unbranched alkanes of at least 4 members (excludes halogenated alkanes) is 1. The topological polar surface area (TPSA) is 20.2 Å². The molecule has 19 heavy (non-hydrogen) atoms. The summed E-state index contributed by atoms with van der Waals surface area (Å²) in [6.45, 7) is 4.58. The molecule has 108 valence electrons. The molecule has 0 aromatic rings. The van der Waals surface area contributed by atoms with Gasteiger partial charge in [-0.3, -0.25) is 0 Å². The maximum atomic E-state index is 9.90. The predicted molar refractivity (Wildman–Crippen MR) is 82.0 cm³/mol. The summed E-state index contributed by atoms with van der Waals surface area (Å²) in [6, 6.07) is 0. The van der Waals surface area contributed by atoms with Gasteiger partial charge in [-0.05, 0) is 37.5 Å². The third-order valence-electron chi connectivity index (χ3n) is 5.20. The molecule has 0 bridgehead atoms. The zero-order valence-corrected chi connectivity index (χ0v) is 12.6. The molecule has 1 nitrogen and oxygen atoms in total. The molecule has 0 aromatic carbocycles. The molecule has 0 spiro atoms. The van der Waals surface area contributed by atoms with Crippen molar-refractivity contribution in [3.8, 4) is 0 Å². The van der Waals surface area contributed by atoms with Gasteiger partial charge in [0.15, 0.2) is 0 Å². The van der Waals surface area contributed by atoms with Crippen LogP contribution in [0.25, 0.3) is 0 Å². The Morgan fingerprint density at radius 3 is 3.00 bits per heavy atom. The molecule has 0 heterocycles. The van der Waals surface area contributed by atoms with Crippen molar-refractivity contribution in [3.63, 3.8) is 0 Å². The van der Waals surface area contributed by atoms with E-state index in [0.717, 1.165) is 25.2 Å². The fourth-order valence-electron chi connectivity index (χ4n) is 3.90. The number of hydrogen-bond donors (Lipinski definition) is 1. The van der Waals surface area contributed by atoms with Crippen LogP contribution in [0.4, 0.5) is 0 Å². The molecule has 1 N–H and O–H groups in total. The van der Waals surface area contributed by atoms with E-state index in [4.69, 9.17) is 0 Å². The Kier molecular flexibility index (Phi) is 5.27. The van der Waals surface area contributed by atoms with E-state index in [1.807, 2.05) is 0 Å². The van der Waals surface area contributed by atoms with Gasteiger partial charge >= 0.3 is 0 Å². The van der Waals surface area contributed by atoms with E-state index in [1.165, 1.54) is 32.1 Å². The van der Waals surface area contributed by atoms with Crippen molar-refractivity contribution >= 4 is 0 Å². The highest BCUT2D eigenvalue weighted by Gasteiger charge is 2.44. The monoisotopic (exact) mass is 262 g/mol. The van der Waals surface area contributed by atoms with Crippen molar-refractivity contribution in [3.05, 3.63) is 24.3 Å². The van der Waals surface area contributed by atoms with Gasteiger partial charge in [-0.1, -0.05) is 63.8 Å². The third-order valence-corrected chi connectivity index (χ3v) is 5.20. The summed E-state index contributed by atoms with van der Waals surface area (Å²) in [6.07, 6.45) is 19.1. The number of rotatable bonds is 7. The Balaban J connectivity index is 1.89. The Morgan fingerprint density at radius 1 is 1.42 bits per heavy atom. The van der Waals surface area contributed by atoms with E-state index in [1.54, 1.807) is 0 Å². The van der Waals surface area contributed by atoms with Gasteiger partial charge in [0.25, 0.3) is 0 Å². The lowest BCUT2D eigenvalue weighted by molar-refractivity contribution is 0.173. The molecule has 2 rings (SSSR count). The number of aliphatic hydroxyl groups is 1. The van der Waals surface area contributed by atoms with E-state index in [2.05, 4.69) is 38.2 Å². The van der Waals surface area contributed by atoms with Crippen LogP contribution in [-0.2, 0) is 0 Å². The summed E-state index contributed by atoms with van der Waals surface area (Å²) < 4.78 is 0. The summed E-state index contributed by atoms with van der Waals surface area (Å²) in [7, 11) is 0. The van der Waals surface area contributed by atoms with Crippen LogP contribution < -0.4 is 0 Å². The zero-order valence-electron chi connectivity index (χ0n) is 12.6. The van der Waals surface area contributed by atoms with Crippen LogP contribution >= 0.6 is 0 Å². The Bertz CT molecular complexity index is 331. The molecule has 1 saturated carbocycles. The van der Waals surface area contributed by atoms with E-state index in [9.17, 15) is 5.11 Å². The van der Waals surface area contributed by atoms with Gasteiger partial charge in [-0.2, -0.15) is 0 Å². The van der Waals surface area contributed by atoms with Crippen LogP contribution in [-0.4, -0.2) is 11.2 Å². The molecule has 0 saturated heterocycles. The fourth-order valence-corrected chi connectivity index (χ4v) is 3.90. The summed E-state index contributed by atoms with van der Waals surface area (Å²) in [4.78, 5) is 0. The molecular formula is C18H30O. The predicted octanol–water partition coefficient (Wildman–Crippen LogP) is 4.87. The summed E-state index contributed by atoms with van der Waals surface area (Å²) >= 11 is 0. The van der Waals surface area contributed by atoms with Gasteiger partial charge in [-0.25, -0.2) is 0 Å². The van der Waals surface area contributed by atoms with Crippen molar-refractivity contribution in [2.75, 3.05) is 0 Å². The van der Waals surface area contributed by atoms with Gasteiger partial charge in [0.1, 0.15) is 0 Å². The SMILES string of the molecule is CCCC[C@H](CC)C/C=C/C12C=CCC1CC(O)C2. The second-order valence-electron chi connectivity index (χ2n) is 6.60. The molecule has 0 amide bonds. The van der Waals surface area contributed by atoms with Gasteiger partial charge in [0.2, 0.25) is 0 Å². The summed E-state index contributed by atoms with van der Waals surface area (Å²) in [5.41, 5.74) is 0.197. The lowest BCUT2D eigenvalue weighted by Gasteiger charge is -2.24. The smallest absolute Gasteiger partial charge is 0.0554 e. The largest absolute Gasteiger partial charge is 0.393 e. The lowest BCUT2D eigenvalue weighted by Crippen LogP contribution is -2.16. The van der Waals surface area contributed by atoms with E-state index in [-0.39, 0.29) is 11.5 Å². The highest BCUT2D eigenvalue weighted by Crippen LogP contribution is 2.51. The molecule has 0 aromatic heterocycles. The lowest BCUT2D eigenvalue weighted by atomic mass is 9.80. The van der Waals surface area contributed by atoms with E-state index >= 15 is 0 Å². The molecule has 1 fully saturated rings. The van der Waals surface area contributed by atoms with Crippen LogP contribution in [0.5, 0.6) is 0 Å². The Hall–Kier alpha value is -0.560. The van der Waals surface area contributed by atoms with Crippen molar-refractivity contribution in [1.29, 1.82) is 0 Å². The van der Waals surface area contributed by atoms with Gasteiger partial charge in [-0.15, -0.1) is 0 Å². The Morgan fingerprint density at radius 2 is 2.26 bits per heavy atom. The van der Waals surface area contributed by atoms with Gasteiger partial charge in [0, 0.05) is 5.41 Å². The number of hydrogen-bond acceptors (Lipinski definition) is 1. The molecule has 0 aliphatic heterocycles. The molecule has 0 radical (unpaired) electrons. The standard InChI is InChI=1S/C18H30O/c1-3-5-8-15(4-2)9-6-11-18-12-7-10-16(18)13-17(19)14-18/h6-7,11-12,15-17,19H,3-5,8-10,13-14H2,1-2H3/b11-6+/t15-,16?,17?,18?/m0/s1. The first-order chi connectivity index (χ1) is 9.20. The molecule has 2 aliphatic rings. The maximum absolute atomic E-state index is 9.90. The minimum absolute atomic E-state index is 0.0818. The van der Waals surface area contributed by atoms with Gasteiger partial charge < -0.3 is 5.11 Å². The number of aliphatic hydroxyl groups excluding tert-OH is 1. The fraction of sp³-hybridized carbons (Fsp3) is 0.778. The zero-order chi connectivity index (χ0) is 13.7. The first-order valence-corrected chi connectivity index (χ1v) is 8.23. The number of fused-ring (bicyclic) bond motifs is 1. The van der Waals surface area contributed by atoms with Crippen molar-refractivity contribution in [2.24, 2.45) is 17.3 Å². The molecule has 2 aliphatic carbocycles. The molecular weight excluding hydrogens is 232 g/mol. The normalized spacial score (nSPS) is 35.1. The quantitative estimate of drug-likeness (QED) is 0.649. The minimum Gasteiger partial charge on any atom is -0.393 e. The Labute approximate surface area is 118 Å². The third kappa shape index (κ3) is 3.51. The highest BCUT2D eigenvalue weighted by atomic mass is 16.3. The maximum Gasteiger partial charge on any atom is 0.0554 e. The average molecular weight is 262 g/mol. The average Bonchev–Trinajstić information content (AvgIpc) is 2.89. The molecule has 3 unspecified atom stereocenters. The van der Waals surface area contributed by atoms with Crippen LogP contribution in [0.15, 0.2) is 24.3 Å². The first kappa shape index (κ1) is 14.8. The van der Waals surface area contributed by atoms with Gasteiger partial charge in [0.05, 0.1) is 6.10 Å². The summed E-state index contributed by atoms with van der Waals surface area (Å²) in [5.74, 6) is 1.51. The van der Waals surface area contributed by atoms with Crippen LogP contribution in [0, 0.1) is 17.3 Å². The highest BCUT2D eigenvalue weighted by molar-refractivity contribution is 5.23. The van der Waals surface area contributed by atoms with Crippen molar-refractivity contribution in [2.45, 2.75) is 71.3 Å².